The van der Waals surface area contributed by atoms with Gasteiger partial charge in [-0.25, -0.2) is 0 Å². The molecule has 1 N–H and O–H groups in total. The number of hydrogen-bond acceptors (Lipinski definition) is 2. The molecule has 0 amide bonds. The van der Waals surface area contributed by atoms with Gasteiger partial charge in [-0.1, -0.05) is 0 Å². The Balaban J connectivity index is 1.87. The Bertz CT molecular complexity index is 624. The van der Waals surface area contributed by atoms with Gasteiger partial charge in [-0.15, -0.1) is 0 Å². The van der Waals surface area contributed by atoms with Crippen molar-refractivity contribution in [2.75, 3.05) is 13.6 Å². The zero-order valence-electron chi connectivity index (χ0n) is 13.6. The maximum absolute atomic E-state index is 6.00. The fourth-order valence-corrected chi connectivity index (χ4v) is 3.23. The van der Waals surface area contributed by atoms with Gasteiger partial charge in [0.15, 0.2) is 0 Å². The molecule has 1 aliphatic heterocycles. The number of aromatic amines is 1. The van der Waals surface area contributed by atoms with E-state index in [9.17, 15) is 0 Å². The van der Waals surface area contributed by atoms with Gasteiger partial charge in [0.1, 0.15) is 11.4 Å². The Morgan fingerprint density at radius 3 is 2.81 bits per heavy atom. The minimum atomic E-state index is -0.157. The molecule has 1 aromatic heterocycles. The average Bonchev–Trinajstić information content (AvgIpc) is 2.96. The highest BCUT2D eigenvalue weighted by atomic mass is 16.5. The van der Waals surface area contributed by atoms with E-state index in [1.54, 1.807) is 0 Å². The van der Waals surface area contributed by atoms with E-state index in [1.165, 1.54) is 35.9 Å². The summed E-state index contributed by atoms with van der Waals surface area (Å²) in [4.78, 5) is 5.87. The first kappa shape index (κ1) is 14.5. The average molecular weight is 286 g/mol. The summed E-state index contributed by atoms with van der Waals surface area (Å²) in [6.45, 7) is 7.49. The number of benzene rings is 1. The molecule has 0 unspecified atom stereocenters. The van der Waals surface area contributed by atoms with Crippen molar-refractivity contribution in [3.8, 4) is 5.75 Å². The maximum atomic E-state index is 6.00. The summed E-state index contributed by atoms with van der Waals surface area (Å²) in [7, 11) is 2.24. The van der Waals surface area contributed by atoms with Crippen LogP contribution in [-0.2, 0) is 6.42 Å². The second kappa shape index (κ2) is 5.38. The molecule has 0 radical (unpaired) electrons. The molecule has 0 aliphatic carbocycles. The van der Waals surface area contributed by atoms with Gasteiger partial charge in [0.25, 0.3) is 0 Å². The molecule has 21 heavy (non-hydrogen) atoms. The molecule has 2 heterocycles. The monoisotopic (exact) mass is 286 g/mol. The number of aromatic nitrogens is 1. The second-order valence-corrected chi connectivity index (χ2v) is 7.22. The third-order valence-electron chi connectivity index (χ3n) is 4.29. The number of ether oxygens (including phenoxy) is 1. The third-order valence-corrected chi connectivity index (χ3v) is 4.29. The Morgan fingerprint density at radius 2 is 2.14 bits per heavy atom. The molecule has 114 valence electrons. The SMILES string of the molecule is CN1CCC[C@@H]1Cc1c[nH]c2ccc(OC(C)(C)C)cc12. The molecule has 1 atom stereocenters. The molecule has 3 rings (SSSR count). The fraction of sp³-hybridized carbons (Fsp3) is 0.556. The topological polar surface area (TPSA) is 28.3 Å². The summed E-state index contributed by atoms with van der Waals surface area (Å²) < 4.78 is 6.00. The number of hydrogen-bond donors (Lipinski definition) is 1. The van der Waals surface area contributed by atoms with Crippen LogP contribution >= 0.6 is 0 Å². The predicted octanol–water partition coefficient (Wildman–Crippen LogP) is 3.98. The van der Waals surface area contributed by atoms with Crippen LogP contribution in [-0.4, -0.2) is 35.1 Å². The van der Waals surface area contributed by atoms with Gasteiger partial charge in [-0.3, -0.25) is 0 Å². The maximum Gasteiger partial charge on any atom is 0.120 e. The first-order valence-electron chi connectivity index (χ1n) is 7.92. The Labute approximate surface area is 127 Å². The van der Waals surface area contributed by atoms with Gasteiger partial charge in [-0.05, 0) is 77.4 Å². The van der Waals surface area contributed by atoms with Crippen LogP contribution in [0.5, 0.6) is 5.75 Å². The van der Waals surface area contributed by atoms with Crippen LogP contribution in [0, 0.1) is 0 Å². The summed E-state index contributed by atoms with van der Waals surface area (Å²) in [5, 5.41) is 1.30. The second-order valence-electron chi connectivity index (χ2n) is 7.22. The Hall–Kier alpha value is -1.48. The van der Waals surface area contributed by atoms with Crippen molar-refractivity contribution < 1.29 is 4.74 Å². The third kappa shape index (κ3) is 3.24. The van der Waals surface area contributed by atoms with Crippen LogP contribution in [0.1, 0.15) is 39.2 Å². The first-order chi connectivity index (χ1) is 9.92. The van der Waals surface area contributed by atoms with Crippen molar-refractivity contribution in [1.29, 1.82) is 0 Å². The van der Waals surface area contributed by atoms with E-state index in [2.05, 4.69) is 62.1 Å². The lowest BCUT2D eigenvalue weighted by molar-refractivity contribution is 0.131. The highest BCUT2D eigenvalue weighted by molar-refractivity contribution is 5.84. The number of likely N-dealkylation sites (tertiary alicyclic amines) is 1. The minimum Gasteiger partial charge on any atom is -0.488 e. The lowest BCUT2D eigenvalue weighted by atomic mass is 10.0. The summed E-state index contributed by atoms with van der Waals surface area (Å²) in [6.07, 6.45) is 5.91. The van der Waals surface area contributed by atoms with E-state index >= 15 is 0 Å². The number of rotatable bonds is 3. The van der Waals surface area contributed by atoms with E-state index in [4.69, 9.17) is 4.74 Å². The molecule has 0 spiro atoms. The van der Waals surface area contributed by atoms with Gasteiger partial charge in [0.2, 0.25) is 0 Å². The zero-order chi connectivity index (χ0) is 15.0. The molecule has 1 aliphatic rings. The minimum absolute atomic E-state index is 0.157. The molecular formula is C18H26N2O. The summed E-state index contributed by atoms with van der Waals surface area (Å²) in [6, 6.07) is 7.03. The van der Waals surface area contributed by atoms with E-state index in [0.717, 1.165) is 12.2 Å². The molecule has 1 aromatic carbocycles. The van der Waals surface area contributed by atoms with Gasteiger partial charge in [0, 0.05) is 23.1 Å². The Kier molecular flexibility index (Phi) is 3.70. The Morgan fingerprint density at radius 1 is 1.33 bits per heavy atom. The molecule has 0 saturated carbocycles. The van der Waals surface area contributed by atoms with Crippen LogP contribution in [0.3, 0.4) is 0 Å². The van der Waals surface area contributed by atoms with Crippen LogP contribution < -0.4 is 4.74 Å². The molecule has 1 saturated heterocycles. The summed E-state index contributed by atoms with van der Waals surface area (Å²) >= 11 is 0. The van der Waals surface area contributed by atoms with Crippen molar-refractivity contribution in [1.82, 2.24) is 9.88 Å². The van der Waals surface area contributed by atoms with Gasteiger partial charge >= 0.3 is 0 Å². The van der Waals surface area contributed by atoms with Gasteiger partial charge in [0.05, 0.1) is 0 Å². The predicted molar refractivity (Wildman–Crippen MR) is 88.0 cm³/mol. The van der Waals surface area contributed by atoms with Gasteiger partial charge in [-0.2, -0.15) is 0 Å². The van der Waals surface area contributed by atoms with Crippen LogP contribution in [0.25, 0.3) is 10.9 Å². The van der Waals surface area contributed by atoms with Crippen molar-refractivity contribution in [2.45, 2.75) is 51.7 Å². The van der Waals surface area contributed by atoms with E-state index in [1.807, 2.05) is 0 Å². The zero-order valence-corrected chi connectivity index (χ0v) is 13.6. The molecular weight excluding hydrogens is 260 g/mol. The van der Waals surface area contributed by atoms with Crippen molar-refractivity contribution in [3.05, 3.63) is 30.0 Å². The summed E-state index contributed by atoms with van der Waals surface area (Å²) in [5.41, 5.74) is 2.45. The largest absolute Gasteiger partial charge is 0.488 e. The van der Waals surface area contributed by atoms with E-state index < -0.39 is 0 Å². The number of H-pyrrole nitrogens is 1. The van der Waals surface area contributed by atoms with Crippen molar-refractivity contribution >= 4 is 10.9 Å². The normalized spacial score (nSPS) is 20.3. The quantitative estimate of drug-likeness (QED) is 0.924. The van der Waals surface area contributed by atoms with Crippen molar-refractivity contribution in [3.63, 3.8) is 0 Å². The van der Waals surface area contributed by atoms with E-state index in [-0.39, 0.29) is 5.60 Å². The van der Waals surface area contributed by atoms with Crippen LogP contribution in [0.4, 0.5) is 0 Å². The number of fused-ring (bicyclic) bond motifs is 1. The lowest BCUT2D eigenvalue weighted by Gasteiger charge is -2.21. The number of nitrogens with zero attached hydrogens (tertiary/aromatic N) is 1. The molecule has 0 bridgehead atoms. The molecule has 1 fully saturated rings. The molecule has 3 heteroatoms. The number of nitrogens with one attached hydrogen (secondary N) is 1. The van der Waals surface area contributed by atoms with Crippen LogP contribution in [0.15, 0.2) is 24.4 Å². The highest BCUT2D eigenvalue weighted by Crippen LogP contribution is 2.28. The van der Waals surface area contributed by atoms with Crippen LogP contribution in [0.2, 0.25) is 0 Å². The molecule has 3 nitrogen and oxygen atoms in total. The lowest BCUT2D eigenvalue weighted by Crippen LogP contribution is -2.26. The van der Waals surface area contributed by atoms with E-state index in [0.29, 0.717) is 6.04 Å². The smallest absolute Gasteiger partial charge is 0.120 e. The number of likely N-dealkylation sites (N-methyl/N-ethyl adjacent to an activating group) is 1. The first-order valence-corrected chi connectivity index (χ1v) is 7.92. The fourth-order valence-electron chi connectivity index (χ4n) is 3.23. The van der Waals surface area contributed by atoms with Crippen molar-refractivity contribution in [2.24, 2.45) is 0 Å². The van der Waals surface area contributed by atoms with Gasteiger partial charge < -0.3 is 14.6 Å². The standard InChI is InChI=1S/C18H26N2O/c1-18(2,3)21-15-7-8-17-16(11-15)13(12-19-17)10-14-6-5-9-20(14)4/h7-8,11-12,14,19H,5-6,9-10H2,1-4H3/t14-/m1/s1. The molecule has 2 aromatic rings. The summed E-state index contributed by atoms with van der Waals surface area (Å²) in [5.74, 6) is 0.954. The highest BCUT2D eigenvalue weighted by Gasteiger charge is 2.22.